The monoisotopic (exact) mass is 99.1 g/mol. The Kier molecular flexibility index (Phi) is 4.10. The molecule has 7 heavy (non-hydrogen) atoms. The lowest BCUT2D eigenvalue weighted by Gasteiger charge is -2.06. The van der Waals surface area contributed by atoms with E-state index in [1.165, 1.54) is 0 Å². The van der Waals surface area contributed by atoms with E-state index in [0.29, 0.717) is 0 Å². The highest BCUT2D eigenvalue weighted by Crippen LogP contribution is 1.99. The molecule has 0 aromatic rings. The highest BCUT2D eigenvalue weighted by molar-refractivity contribution is 4.48. The first-order valence-electron chi connectivity index (χ1n) is 2.67. The Labute approximate surface area is 45.7 Å². The molecule has 0 atom stereocenters. The molecule has 0 aliphatic carbocycles. The van der Waals surface area contributed by atoms with Crippen LogP contribution < -0.4 is 0 Å². The highest BCUT2D eigenvalue weighted by Gasteiger charge is 1.96. The van der Waals surface area contributed by atoms with Crippen LogP contribution in [0.3, 0.4) is 0 Å². The Morgan fingerprint density at radius 3 is 1.86 bits per heavy atom. The zero-order valence-electron chi connectivity index (χ0n) is 4.90. The lowest BCUT2D eigenvalue weighted by molar-refractivity contribution is 0.130. The molecule has 0 saturated carbocycles. The quantitative estimate of drug-likeness (QED) is 0.523. The molecule has 0 heterocycles. The first-order valence-corrected chi connectivity index (χ1v) is 2.67. The van der Waals surface area contributed by atoms with E-state index in [9.17, 15) is 0 Å². The van der Waals surface area contributed by atoms with Crippen LogP contribution in [0.2, 0.25) is 0 Å². The fourth-order valence-electron chi connectivity index (χ4n) is 0.455. The van der Waals surface area contributed by atoms with Crippen LogP contribution in [0.15, 0.2) is 0 Å². The molecule has 3 radical (unpaired) electrons. The van der Waals surface area contributed by atoms with Gasteiger partial charge in [0.2, 0.25) is 0 Å². The topological polar surface area (TPSA) is 9.23 Å². The van der Waals surface area contributed by atoms with Gasteiger partial charge in [0.15, 0.2) is 7.11 Å². The number of hydrogen-bond acceptors (Lipinski definition) is 1. The molecular weight excluding hydrogens is 88.1 g/mol. The van der Waals surface area contributed by atoms with E-state index in [-0.39, 0.29) is 6.10 Å². The molecule has 0 unspecified atom stereocenters. The maximum Gasteiger partial charge on any atom is 0.173 e. The minimum atomic E-state index is 0.153. The van der Waals surface area contributed by atoms with Gasteiger partial charge in [0.1, 0.15) is 0 Å². The predicted octanol–water partition coefficient (Wildman–Crippen LogP) is 1.74. The maximum atomic E-state index is 6.46. The molecule has 1 nitrogen and oxygen atoms in total. The van der Waals surface area contributed by atoms with Crippen LogP contribution in [0.25, 0.3) is 0 Å². The summed E-state index contributed by atoms with van der Waals surface area (Å²) in [6.07, 6.45) is 2.04. The fourth-order valence-corrected chi connectivity index (χ4v) is 0.455. The van der Waals surface area contributed by atoms with E-state index in [1.54, 1.807) is 0 Å². The van der Waals surface area contributed by atoms with Gasteiger partial charge in [0.25, 0.3) is 0 Å². The van der Waals surface area contributed by atoms with Crippen LogP contribution in [-0.2, 0) is 4.74 Å². The van der Waals surface area contributed by atoms with E-state index >= 15 is 0 Å². The molecule has 0 N–H and O–H groups in total. The van der Waals surface area contributed by atoms with Crippen LogP contribution >= 0.6 is 0 Å². The summed E-state index contributed by atoms with van der Waals surface area (Å²) in [6.45, 7) is 4.03. The molecule has 0 aliphatic rings. The maximum absolute atomic E-state index is 6.46. The van der Waals surface area contributed by atoms with Crippen LogP contribution in [0.1, 0.15) is 26.7 Å². The third kappa shape index (κ3) is 2.63. The van der Waals surface area contributed by atoms with Gasteiger partial charge in [-0.2, -0.15) is 0 Å². The summed E-state index contributed by atoms with van der Waals surface area (Å²) in [6, 6.07) is 0. The highest BCUT2D eigenvalue weighted by atomic mass is 16.5. The van der Waals surface area contributed by atoms with Crippen molar-refractivity contribution < 1.29 is 4.74 Å². The second kappa shape index (κ2) is 4.13. The van der Waals surface area contributed by atoms with Crippen molar-refractivity contribution in [3.63, 3.8) is 0 Å². The third-order valence-electron chi connectivity index (χ3n) is 1.08. The Morgan fingerprint density at radius 1 is 1.43 bits per heavy atom. The minimum Gasteiger partial charge on any atom is -0.362 e. The largest absolute Gasteiger partial charge is 0.362 e. The molecule has 0 aliphatic heterocycles. The Balaban J connectivity index is 2.99. The van der Waals surface area contributed by atoms with Gasteiger partial charge in [-0.05, 0) is 12.8 Å². The Hall–Kier alpha value is -0.0400. The molecule has 1 heteroatoms. The Morgan fingerprint density at radius 2 is 1.86 bits per heavy atom. The second-order valence-corrected chi connectivity index (χ2v) is 1.56. The average Bonchev–Trinajstić information content (AvgIpc) is 1.72. The zero-order chi connectivity index (χ0) is 5.70. The molecule has 0 aromatic carbocycles. The second-order valence-electron chi connectivity index (χ2n) is 1.56. The van der Waals surface area contributed by atoms with E-state index < -0.39 is 0 Å². The van der Waals surface area contributed by atoms with Gasteiger partial charge >= 0.3 is 0 Å². The number of hydrogen-bond donors (Lipinski definition) is 0. The number of ether oxygens (including phenoxy) is 1. The summed E-state index contributed by atoms with van der Waals surface area (Å²) in [4.78, 5) is 0. The van der Waals surface area contributed by atoms with Crippen molar-refractivity contribution in [1.82, 2.24) is 0 Å². The summed E-state index contributed by atoms with van der Waals surface area (Å²) >= 11 is 0. The lowest BCUT2D eigenvalue weighted by atomic mass is 10.2. The Bertz CT molecular complexity index is 25.7. The standard InChI is InChI=1S/C6H11O/c1-4-6(5-2)7-3/h6H,4-5H2,1-2H3. The average molecular weight is 99.2 g/mol. The first-order chi connectivity index (χ1) is 3.35. The lowest BCUT2D eigenvalue weighted by Crippen LogP contribution is -2.03. The molecule has 0 spiro atoms. The zero-order valence-corrected chi connectivity index (χ0v) is 4.90. The minimum absolute atomic E-state index is 0.153. The third-order valence-corrected chi connectivity index (χ3v) is 1.08. The van der Waals surface area contributed by atoms with E-state index in [4.69, 9.17) is 7.11 Å². The van der Waals surface area contributed by atoms with E-state index in [1.807, 2.05) is 13.8 Å². The van der Waals surface area contributed by atoms with Crippen molar-refractivity contribution in [3.8, 4) is 0 Å². The van der Waals surface area contributed by atoms with Gasteiger partial charge in [0, 0.05) is 0 Å². The van der Waals surface area contributed by atoms with Crippen LogP contribution in [-0.4, -0.2) is 6.10 Å². The SMILES string of the molecule is [C]OC(CC)CC. The molecule has 0 amide bonds. The molecule has 0 fully saturated rings. The first kappa shape index (κ1) is 6.96. The van der Waals surface area contributed by atoms with Crippen molar-refractivity contribution in [3.05, 3.63) is 7.11 Å². The molecule has 0 bridgehead atoms. The fraction of sp³-hybridized carbons (Fsp3) is 0.833. The summed E-state index contributed by atoms with van der Waals surface area (Å²) in [7, 11) is 6.46. The van der Waals surface area contributed by atoms with Crippen molar-refractivity contribution in [2.75, 3.05) is 0 Å². The summed E-state index contributed by atoms with van der Waals surface area (Å²) in [5.41, 5.74) is 0. The smallest absolute Gasteiger partial charge is 0.173 e. The van der Waals surface area contributed by atoms with Gasteiger partial charge in [-0.1, -0.05) is 13.8 Å². The molecule has 0 aromatic heterocycles. The predicted molar refractivity (Wildman–Crippen MR) is 28.7 cm³/mol. The van der Waals surface area contributed by atoms with E-state index in [2.05, 4.69) is 4.74 Å². The molecule has 41 valence electrons. The van der Waals surface area contributed by atoms with Crippen LogP contribution in [0.4, 0.5) is 0 Å². The van der Waals surface area contributed by atoms with Crippen molar-refractivity contribution >= 4 is 0 Å². The summed E-state index contributed by atoms with van der Waals surface area (Å²) in [5.74, 6) is 0. The van der Waals surface area contributed by atoms with Gasteiger partial charge < -0.3 is 4.74 Å². The summed E-state index contributed by atoms with van der Waals surface area (Å²) in [5, 5.41) is 0. The number of rotatable bonds is 3. The van der Waals surface area contributed by atoms with Crippen LogP contribution in [0.5, 0.6) is 0 Å². The summed E-state index contributed by atoms with van der Waals surface area (Å²) < 4.78 is 4.30. The molecule has 0 saturated heterocycles. The van der Waals surface area contributed by atoms with Gasteiger partial charge in [-0.25, -0.2) is 0 Å². The molecular formula is C6H11O. The van der Waals surface area contributed by atoms with Gasteiger partial charge in [0.05, 0.1) is 6.10 Å². The van der Waals surface area contributed by atoms with Crippen molar-refractivity contribution in [1.29, 1.82) is 0 Å². The van der Waals surface area contributed by atoms with Gasteiger partial charge in [-0.15, -0.1) is 0 Å². The van der Waals surface area contributed by atoms with Gasteiger partial charge in [-0.3, -0.25) is 0 Å². The van der Waals surface area contributed by atoms with E-state index in [0.717, 1.165) is 12.8 Å². The normalized spacial score (nSPS) is 10.3. The van der Waals surface area contributed by atoms with Crippen molar-refractivity contribution in [2.45, 2.75) is 32.8 Å². The van der Waals surface area contributed by atoms with Crippen molar-refractivity contribution in [2.24, 2.45) is 0 Å². The van der Waals surface area contributed by atoms with Crippen LogP contribution in [0, 0.1) is 7.11 Å². The molecule has 0 rings (SSSR count).